The molecule has 0 spiro atoms. The average Bonchev–Trinajstić information content (AvgIpc) is 2.48. The molecular weight excluding hydrogens is 246 g/mol. The molecule has 0 fully saturated rings. The molecule has 0 aliphatic carbocycles. The minimum atomic E-state index is 0.228. The zero-order valence-corrected chi connectivity index (χ0v) is 12.7. The van der Waals surface area contributed by atoms with E-state index in [2.05, 4.69) is 56.4 Å². The van der Waals surface area contributed by atoms with E-state index >= 15 is 0 Å². The normalized spacial score (nSPS) is 12.2. The number of ether oxygens (including phenoxy) is 1. The quantitative estimate of drug-likeness (QED) is 0.885. The highest BCUT2D eigenvalue weighted by atomic mass is 16.5. The van der Waals surface area contributed by atoms with E-state index in [1.807, 2.05) is 12.1 Å². The van der Waals surface area contributed by atoms with Gasteiger partial charge in [-0.25, -0.2) is 0 Å². The Morgan fingerprint density at radius 2 is 1.75 bits per heavy atom. The van der Waals surface area contributed by atoms with Crippen molar-refractivity contribution in [3.63, 3.8) is 0 Å². The predicted octanol–water partition coefficient (Wildman–Crippen LogP) is 4.01. The third-order valence-electron chi connectivity index (χ3n) is 3.60. The molecule has 0 bridgehead atoms. The van der Waals surface area contributed by atoms with Gasteiger partial charge in [-0.05, 0) is 49.2 Å². The van der Waals surface area contributed by atoms with Gasteiger partial charge in [-0.15, -0.1) is 0 Å². The molecule has 2 nitrogen and oxygen atoms in total. The van der Waals surface area contributed by atoms with E-state index in [4.69, 9.17) is 4.74 Å². The fraction of sp³-hybridized carbons (Fsp3) is 0.333. The number of hydrogen-bond donors (Lipinski definition) is 1. The Labute approximate surface area is 121 Å². The van der Waals surface area contributed by atoms with Crippen LogP contribution in [0, 0.1) is 13.8 Å². The molecule has 20 heavy (non-hydrogen) atoms. The maximum absolute atomic E-state index is 5.24. The number of rotatable bonds is 5. The Kier molecular flexibility index (Phi) is 4.80. The molecule has 0 aliphatic rings. The molecule has 1 unspecified atom stereocenters. The Bertz CT molecular complexity index is 560. The van der Waals surface area contributed by atoms with Crippen LogP contribution < -0.4 is 10.1 Å². The van der Waals surface area contributed by atoms with E-state index in [1.165, 1.54) is 22.3 Å². The second-order valence-electron chi connectivity index (χ2n) is 5.12. The van der Waals surface area contributed by atoms with Gasteiger partial charge in [0.15, 0.2) is 0 Å². The van der Waals surface area contributed by atoms with Crippen molar-refractivity contribution in [2.45, 2.75) is 26.8 Å². The highest BCUT2D eigenvalue weighted by molar-refractivity contribution is 5.40. The largest absolute Gasteiger partial charge is 0.497 e. The lowest BCUT2D eigenvalue weighted by Gasteiger charge is -2.21. The molecule has 2 aromatic rings. The molecule has 0 heterocycles. The first-order valence-electron chi connectivity index (χ1n) is 7.10. The summed E-state index contributed by atoms with van der Waals surface area (Å²) in [5.41, 5.74) is 5.22. The third-order valence-corrected chi connectivity index (χ3v) is 3.60. The second kappa shape index (κ2) is 6.58. The van der Waals surface area contributed by atoms with Crippen molar-refractivity contribution in [2.24, 2.45) is 0 Å². The van der Waals surface area contributed by atoms with Crippen LogP contribution >= 0.6 is 0 Å². The molecule has 0 amide bonds. The van der Waals surface area contributed by atoms with Gasteiger partial charge in [-0.1, -0.05) is 42.8 Å². The number of aryl methyl sites for hydroxylation is 2. The summed E-state index contributed by atoms with van der Waals surface area (Å²) in [6, 6.07) is 15.2. The van der Waals surface area contributed by atoms with Crippen molar-refractivity contribution in [1.82, 2.24) is 5.32 Å². The monoisotopic (exact) mass is 269 g/mol. The Hall–Kier alpha value is -1.80. The first-order valence-corrected chi connectivity index (χ1v) is 7.10. The summed E-state index contributed by atoms with van der Waals surface area (Å²) in [6.07, 6.45) is 0. The van der Waals surface area contributed by atoms with Gasteiger partial charge in [0, 0.05) is 0 Å². The zero-order chi connectivity index (χ0) is 14.5. The number of nitrogens with one attached hydrogen (secondary N) is 1. The van der Waals surface area contributed by atoms with Crippen molar-refractivity contribution in [3.05, 3.63) is 64.7 Å². The van der Waals surface area contributed by atoms with Gasteiger partial charge < -0.3 is 10.1 Å². The number of methoxy groups -OCH3 is 1. The molecule has 0 saturated heterocycles. The summed E-state index contributed by atoms with van der Waals surface area (Å²) in [6.45, 7) is 7.38. The van der Waals surface area contributed by atoms with Crippen LogP contribution in [-0.4, -0.2) is 13.7 Å². The number of hydrogen-bond acceptors (Lipinski definition) is 2. The minimum Gasteiger partial charge on any atom is -0.497 e. The Balaban J connectivity index is 2.41. The fourth-order valence-electron chi connectivity index (χ4n) is 2.48. The molecule has 1 N–H and O–H groups in total. The van der Waals surface area contributed by atoms with Crippen LogP contribution in [0.5, 0.6) is 5.75 Å². The van der Waals surface area contributed by atoms with E-state index in [9.17, 15) is 0 Å². The van der Waals surface area contributed by atoms with Crippen molar-refractivity contribution in [2.75, 3.05) is 13.7 Å². The number of benzene rings is 2. The summed E-state index contributed by atoms with van der Waals surface area (Å²) in [4.78, 5) is 0. The van der Waals surface area contributed by atoms with Crippen LogP contribution in [-0.2, 0) is 0 Å². The molecule has 0 saturated carbocycles. The zero-order valence-electron chi connectivity index (χ0n) is 12.7. The molecule has 0 aromatic heterocycles. The minimum absolute atomic E-state index is 0.228. The SMILES string of the molecule is CCNC(c1ccc(OC)cc1)c1cc(C)ccc1C. The molecule has 2 aromatic carbocycles. The summed E-state index contributed by atoms with van der Waals surface area (Å²) in [7, 11) is 1.70. The smallest absolute Gasteiger partial charge is 0.118 e. The van der Waals surface area contributed by atoms with Crippen LogP contribution in [0.15, 0.2) is 42.5 Å². The molecule has 1 atom stereocenters. The summed E-state index contributed by atoms with van der Waals surface area (Å²) >= 11 is 0. The molecule has 106 valence electrons. The molecule has 2 rings (SSSR count). The third kappa shape index (κ3) is 3.20. The van der Waals surface area contributed by atoms with Gasteiger partial charge >= 0.3 is 0 Å². The summed E-state index contributed by atoms with van der Waals surface area (Å²) in [5, 5.41) is 3.58. The van der Waals surface area contributed by atoms with Crippen molar-refractivity contribution < 1.29 is 4.74 Å². The van der Waals surface area contributed by atoms with Gasteiger partial charge in [0.2, 0.25) is 0 Å². The predicted molar refractivity (Wildman–Crippen MR) is 84.4 cm³/mol. The Morgan fingerprint density at radius 3 is 2.35 bits per heavy atom. The molecular formula is C18H23NO. The highest BCUT2D eigenvalue weighted by Crippen LogP contribution is 2.27. The van der Waals surface area contributed by atoms with Crippen LogP contribution in [0.1, 0.15) is 35.2 Å². The lowest BCUT2D eigenvalue weighted by Crippen LogP contribution is -2.22. The summed E-state index contributed by atoms with van der Waals surface area (Å²) in [5.74, 6) is 0.893. The van der Waals surface area contributed by atoms with E-state index in [0.29, 0.717) is 0 Å². The van der Waals surface area contributed by atoms with E-state index < -0.39 is 0 Å². The Morgan fingerprint density at radius 1 is 1.05 bits per heavy atom. The molecule has 0 aliphatic heterocycles. The van der Waals surface area contributed by atoms with Crippen LogP contribution in [0.2, 0.25) is 0 Å². The fourth-order valence-corrected chi connectivity index (χ4v) is 2.48. The standard InChI is InChI=1S/C18H23NO/c1-5-19-18(15-8-10-16(20-4)11-9-15)17-12-13(2)6-7-14(17)3/h6-12,18-19H,5H2,1-4H3. The maximum atomic E-state index is 5.24. The van der Waals surface area contributed by atoms with Crippen molar-refractivity contribution >= 4 is 0 Å². The second-order valence-corrected chi connectivity index (χ2v) is 5.12. The van der Waals surface area contributed by atoms with Crippen LogP contribution in [0.25, 0.3) is 0 Å². The average molecular weight is 269 g/mol. The van der Waals surface area contributed by atoms with Crippen LogP contribution in [0.4, 0.5) is 0 Å². The lowest BCUT2D eigenvalue weighted by molar-refractivity contribution is 0.414. The van der Waals surface area contributed by atoms with Gasteiger partial charge in [0.25, 0.3) is 0 Å². The van der Waals surface area contributed by atoms with Crippen LogP contribution in [0.3, 0.4) is 0 Å². The highest BCUT2D eigenvalue weighted by Gasteiger charge is 2.15. The van der Waals surface area contributed by atoms with E-state index in [-0.39, 0.29) is 6.04 Å². The summed E-state index contributed by atoms with van der Waals surface area (Å²) < 4.78 is 5.24. The molecule has 0 radical (unpaired) electrons. The van der Waals surface area contributed by atoms with Crippen molar-refractivity contribution in [3.8, 4) is 5.75 Å². The van der Waals surface area contributed by atoms with Gasteiger partial charge in [-0.3, -0.25) is 0 Å². The van der Waals surface area contributed by atoms with E-state index in [1.54, 1.807) is 7.11 Å². The topological polar surface area (TPSA) is 21.3 Å². The van der Waals surface area contributed by atoms with E-state index in [0.717, 1.165) is 12.3 Å². The first kappa shape index (κ1) is 14.6. The first-order chi connectivity index (χ1) is 9.65. The lowest BCUT2D eigenvalue weighted by atomic mass is 9.93. The maximum Gasteiger partial charge on any atom is 0.118 e. The van der Waals surface area contributed by atoms with Gasteiger partial charge in [-0.2, -0.15) is 0 Å². The van der Waals surface area contributed by atoms with Gasteiger partial charge in [0.1, 0.15) is 5.75 Å². The molecule has 2 heteroatoms. The van der Waals surface area contributed by atoms with Gasteiger partial charge in [0.05, 0.1) is 13.2 Å². The van der Waals surface area contributed by atoms with Crippen molar-refractivity contribution in [1.29, 1.82) is 0 Å².